The van der Waals surface area contributed by atoms with E-state index in [1.54, 1.807) is 6.92 Å². The topological polar surface area (TPSA) is 69.4 Å². The minimum atomic E-state index is -2.97. The Morgan fingerprint density at radius 1 is 1.39 bits per heavy atom. The summed E-state index contributed by atoms with van der Waals surface area (Å²) in [4.78, 5) is 0. The lowest BCUT2D eigenvalue weighted by Gasteiger charge is -2.12. The molecule has 102 valence electrons. The molecule has 5 heteroatoms. The van der Waals surface area contributed by atoms with Gasteiger partial charge in [0.15, 0.2) is 9.84 Å². The summed E-state index contributed by atoms with van der Waals surface area (Å²) in [5.74, 6) is 0.919. The van der Waals surface area contributed by atoms with Gasteiger partial charge in [0, 0.05) is 11.8 Å². The molecule has 0 saturated heterocycles. The zero-order chi connectivity index (χ0) is 13.8. The fraction of sp³-hybridized carbons (Fsp3) is 0.538. The van der Waals surface area contributed by atoms with Gasteiger partial charge in [-0.25, -0.2) is 8.42 Å². The van der Waals surface area contributed by atoms with Crippen molar-refractivity contribution in [1.29, 1.82) is 0 Å². The molecule has 18 heavy (non-hydrogen) atoms. The van der Waals surface area contributed by atoms with Crippen molar-refractivity contribution in [3.8, 4) is 5.75 Å². The number of hydrogen-bond acceptors (Lipinski definition) is 4. The first-order valence-electron chi connectivity index (χ1n) is 6.05. The van der Waals surface area contributed by atoms with E-state index in [0.717, 1.165) is 11.1 Å². The van der Waals surface area contributed by atoms with Crippen molar-refractivity contribution in [2.75, 3.05) is 18.1 Å². The van der Waals surface area contributed by atoms with Crippen LogP contribution in [0.4, 0.5) is 0 Å². The summed E-state index contributed by atoms with van der Waals surface area (Å²) in [6, 6.07) is 5.70. The van der Waals surface area contributed by atoms with Gasteiger partial charge in [-0.05, 0) is 31.0 Å². The average Bonchev–Trinajstić information content (AvgIpc) is 2.31. The second kappa shape index (κ2) is 6.20. The zero-order valence-corrected chi connectivity index (χ0v) is 12.0. The van der Waals surface area contributed by atoms with E-state index < -0.39 is 9.84 Å². The fourth-order valence-electron chi connectivity index (χ4n) is 1.54. The first-order valence-corrected chi connectivity index (χ1v) is 7.87. The van der Waals surface area contributed by atoms with Crippen LogP contribution in [0.25, 0.3) is 0 Å². The van der Waals surface area contributed by atoms with Crippen molar-refractivity contribution in [3.05, 3.63) is 29.3 Å². The van der Waals surface area contributed by atoms with Crippen LogP contribution in [0.3, 0.4) is 0 Å². The van der Waals surface area contributed by atoms with Crippen molar-refractivity contribution < 1.29 is 13.2 Å². The van der Waals surface area contributed by atoms with Gasteiger partial charge in [0.2, 0.25) is 0 Å². The summed E-state index contributed by atoms with van der Waals surface area (Å²) < 4.78 is 28.1. The first-order chi connectivity index (χ1) is 8.35. The Morgan fingerprint density at radius 2 is 2.06 bits per heavy atom. The third-order valence-corrected chi connectivity index (χ3v) is 4.48. The minimum absolute atomic E-state index is 0.0155. The normalized spacial score (nSPS) is 13.3. The molecule has 0 fully saturated rings. The molecular weight excluding hydrogens is 250 g/mol. The maximum atomic E-state index is 11.3. The second-order valence-electron chi connectivity index (χ2n) is 4.40. The molecule has 1 rings (SSSR count). The van der Waals surface area contributed by atoms with Crippen LogP contribution in [0.15, 0.2) is 18.2 Å². The molecule has 0 spiro atoms. The number of rotatable bonds is 6. The highest BCUT2D eigenvalue weighted by Gasteiger charge is 2.09. The number of sulfone groups is 1. The van der Waals surface area contributed by atoms with Gasteiger partial charge in [-0.1, -0.05) is 19.1 Å². The summed E-state index contributed by atoms with van der Waals surface area (Å²) in [6.07, 6.45) is 0. The van der Waals surface area contributed by atoms with Crippen LogP contribution < -0.4 is 10.5 Å². The highest BCUT2D eigenvalue weighted by Crippen LogP contribution is 2.21. The predicted octanol–water partition coefficient (Wildman–Crippen LogP) is 1.83. The van der Waals surface area contributed by atoms with Gasteiger partial charge in [-0.2, -0.15) is 0 Å². The first kappa shape index (κ1) is 15.0. The van der Waals surface area contributed by atoms with Gasteiger partial charge in [-0.3, -0.25) is 0 Å². The molecule has 0 aliphatic rings. The number of ether oxygens (including phenoxy) is 1. The predicted molar refractivity (Wildman–Crippen MR) is 73.6 cm³/mol. The van der Waals surface area contributed by atoms with Crippen LogP contribution in [-0.2, 0) is 9.84 Å². The third kappa shape index (κ3) is 4.31. The Bertz CT molecular complexity index is 495. The molecule has 0 aliphatic carbocycles. The van der Waals surface area contributed by atoms with Gasteiger partial charge < -0.3 is 10.5 Å². The van der Waals surface area contributed by atoms with E-state index in [0.29, 0.717) is 5.75 Å². The number of aryl methyl sites for hydroxylation is 1. The Kier molecular flexibility index (Phi) is 5.16. The van der Waals surface area contributed by atoms with Gasteiger partial charge in [0.1, 0.15) is 12.4 Å². The number of nitrogens with two attached hydrogens (primary N) is 1. The third-order valence-electron chi connectivity index (χ3n) is 2.82. The van der Waals surface area contributed by atoms with Crippen LogP contribution in [0.2, 0.25) is 0 Å². The molecule has 4 nitrogen and oxygen atoms in total. The van der Waals surface area contributed by atoms with E-state index in [2.05, 4.69) is 0 Å². The van der Waals surface area contributed by atoms with Gasteiger partial charge in [0.25, 0.3) is 0 Å². The summed E-state index contributed by atoms with van der Waals surface area (Å²) in [5, 5.41) is 0. The molecule has 0 bridgehead atoms. The number of benzene rings is 1. The molecule has 0 heterocycles. The summed E-state index contributed by atoms with van der Waals surface area (Å²) in [5.41, 5.74) is 7.80. The summed E-state index contributed by atoms with van der Waals surface area (Å²) in [7, 11) is -2.97. The lowest BCUT2D eigenvalue weighted by Crippen LogP contribution is -2.16. The second-order valence-corrected chi connectivity index (χ2v) is 6.87. The molecule has 0 radical (unpaired) electrons. The van der Waals surface area contributed by atoms with Crippen molar-refractivity contribution >= 4 is 9.84 Å². The number of hydrogen-bond donors (Lipinski definition) is 1. The van der Waals surface area contributed by atoms with Crippen molar-refractivity contribution in [2.45, 2.75) is 26.8 Å². The van der Waals surface area contributed by atoms with Crippen molar-refractivity contribution in [3.63, 3.8) is 0 Å². The molecule has 0 unspecified atom stereocenters. The van der Waals surface area contributed by atoms with Crippen molar-refractivity contribution in [1.82, 2.24) is 0 Å². The van der Waals surface area contributed by atoms with Crippen LogP contribution in [0, 0.1) is 6.92 Å². The van der Waals surface area contributed by atoms with Gasteiger partial charge >= 0.3 is 0 Å². The lowest BCUT2D eigenvalue weighted by molar-refractivity contribution is 0.338. The van der Waals surface area contributed by atoms with E-state index >= 15 is 0 Å². The Labute approximate surface area is 109 Å². The molecule has 1 aromatic rings. The summed E-state index contributed by atoms with van der Waals surface area (Å²) in [6.45, 7) is 5.67. The quantitative estimate of drug-likeness (QED) is 0.857. The van der Waals surface area contributed by atoms with E-state index in [1.807, 2.05) is 32.0 Å². The minimum Gasteiger partial charge on any atom is -0.492 e. The molecule has 0 amide bonds. The maximum Gasteiger partial charge on any atom is 0.153 e. The average molecular weight is 271 g/mol. The zero-order valence-electron chi connectivity index (χ0n) is 11.1. The smallest absolute Gasteiger partial charge is 0.153 e. The Hall–Kier alpha value is -1.07. The SMILES string of the molecule is CCS(=O)(=O)CCOc1ccc([C@H](C)N)cc1C. The molecule has 0 aliphatic heterocycles. The lowest BCUT2D eigenvalue weighted by atomic mass is 10.1. The standard InChI is InChI=1S/C13H21NO3S/c1-4-18(15,16)8-7-17-13-6-5-12(11(3)14)9-10(13)2/h5-6,9,11H,4,7-8,14H2,1-3H3/t11-/m0/s1. The summed E-state index contributed by atoms with van der Waals surface area (Å²) >= 11 is 0. The van der Waals surface area contributed by atoms with Gasteiger partial charge in [-0.15, -0.1) is 0 Å². The Balaban J connectivity index is 2.64. The Morgan fingerprint density at radius 3 is 2.56 bits per heavy atom. The van der Waals surface area contributed by atoms with Crippen LogP contribution in [-0.4, -0.2) is 26.5 Å². The largest absolute Gasteiger partial charge is 0.492 e. The van der Waals surface area contributed by atoms with Crippen LogP contribution in [0.5, 0.6) is 5.75 Å². The van der Waals surface area contributed by atoms with Crippen molar-refractivity contribution in [2.24, 2.45) is 5.73 Å². The van der Waals surface area contributed by atoms with E-state index in [1.165, 1.54) is 0 Å². The highest BCUT2D eigenvalue weighted by molar-refractivity contribution is 7.91. The monoisotopic (exact) mass is 271 g/mol. The molecule has 1 atom stereocenters. The molecular formula is C13H21NO3S. The van der Waals surface area contributed by atoms with E-state index in [4.69, 9.17) is 10.5 Å². The fourth-order valence-corrected chi connectivity index (χ4v) is 2.17. The van der Waals surface area contributed by atoms with E-state index in [9.17, 15) is 8.42 Å². The van der Waals surface area contributed by atoms with Crippen LogP contribution in [0.1, 0.15) is 31.0 Å². The molecule has 0 aromatic heterocycles. The van der Waals surface area contributed by atoms with Crippen LogP contribution >= 0.6 is 0 Å². The van der Waals surface area contributed by atoms with Gasteiger partial charge in [0.05, 0.1) is 5.75 Å². The van der Waals surface area contributed by atoms with E-state index in [-0.39, 0.29) is 24.2 Å². The molecule has 1 aromatic carbocycles. The molecule has 0 saturated carbocycles. The highest BCUT2D eigenvalue weighted by atomic mass is 32.2. The maximum absolute atomic E-state index is 11.3. The molecule has 2 N–H and O–H groups in total.